The average molecular weight is 293 g/mol. The molecule has 1 aromatic rings. The summed E-state index contributed by atoms with van der Waals surface area (Å²) in [5.41, 5.74) is 5.98. The van der Waals surface area contributed by atoms with Crippen LogP contribution in [0.5, 0.6) is 5.75 Å². The Kier molecular flexibility index (Phi) is 5.73. The molecular weight excluding hydrogens is 270 g/mol. The van der Waals surface area contributed by atoms with Crippen molar-refractivity contribution in [3.8, 4) is 5.75 Å². The van der Waals surface area contributed by atoms with Gasteiger partial charge >= 0.3 is 0 Å². The van der Waals surface area contributed by atoms with Crippen LogP contribution in [-0.4, -0.2) is 45.9 Å². The zero-order valence-corrected chi connectivity index (χ0v) is 12.5. The van der Waals surface area contributed by atoms with E-state index in [1.165, 1.54) is 0 Å². The fourth-order valence-electron chi connectivity index (χ4n) is 2.59. The molecule has 1 saturated heterocycles. The van der Waals surface area contributed by atoms with Gasteiger partial charge in [0.2, 0.25) is 0 Å². The van der Waals surface area contributed by atoms with Crippen LogP contribution in [0, 0.1) is 5.41 Å². The molecule has 21 heavy (non-hydrogen) atoms. The molecular formula is C16H23NO4. The average Bonchev–Trinajstić information content (AvgIpc) is 2.55. The maximum Gasteiger partial charge on any atom is 0.174 e. The number of hydrogen-bond acceptors (Lipinski definition) is 5. The van der Waals surface area contributed by atoms with E-state index in [9.17, 15) is 4.79 Å². The van der Waals surface area contributed by atoms with Gasteiger partial charge in [-0.25, -0.2) is 0 Å². The Balaban J connectivity index is 2.21. The van der Waals surface area contributed by atoms with Crippen molar-refractivity contribution in [3.05, 3.63) is 29.8 Å². The Labute approximate surface area is 125 Å². The van der Waals surface area contributed by atoms with Crippen molar-refractivity contribution in [2.45, 2.75) is 12.8 Å². The Morgan fingerprint density at radius 2 is 2.00 bits per heavy atom. The van der Waals surface area contributed by atoms with Gasteiger partial charge < -0.3 is 19.9 Å². The molecule has 0 bridgehead atoms. The number of ketones is 1. The lowest BCUT2D eigenvalue weighted by atomic mass is 9.74. The van der Waals surface area contributed by atoms with Crippen molar-refractivity contribution in [2.75, 3.05) is 40.1 Å². The van der Waals surface area contributed by atoms with E-state index in [-0.39, 0.29) is 5.78 Å². The van der Waals surface area contributed by atoms with Gasteiger partial charge in [-0.05, 0) is 25.0 Å². The number of para-hydroxylation sites is 1. The van der Waals surface area contributed by atoms with E-state index in [0.717, 1.165) is 0 Å². The molecule has 0 aliphatic carbocycles. The van der Waals surface area contributed by atoms with Gasteiger partial charge in [0, 0.05) is 26.9 Å². The minimum absolute atomic E-state index is 0.0568. The highest BCUT2D eigenvalue weighted by Gasteiger charge is 2.40. The lowest BCUT2D eigenvalue weighted by molar-refractivity contribution is 0.0198. The third-order valence-electron chi connectivity index (χ3n) is 4.00. The van der Waals surface area contributed by atoms with Crippen molar-refractivity contribution >= 4 is 5.78 Å². The van der Waals surface area contributed by atoms with Crippen LogP contribution in [0.4, 0.5) is 0 Å². The summed E-state index contributed by atoms with van der Waals surface area (Å²) in [6.07, 6.45) is 1.32. The number of ether oxygens (including phenoxy) is 3. The zero-order valence-electron chi connectivity index (χ0n) is 12.5. The second kappa shape index (κ2) is 7.54. The molecule has 5 heteroatoms. The maximum absolute atomic E-state index is 13.0. The van der Waals surface area contributed by atoms with Gasteiger partial charge in [0.05, 0.1) is 17.6 Å². The number of methoxy groups -OCH3 is 1. The molecule has 1 heterocycles. The van der Waals surface area contributed by atoms with Crippen molar-refractivity contribution in [3.63, 3.8) is 0 Å². The van der Waals surface area contributed by atoms with E-state index in [4.69, 9.17) is 19.9 Å². The fourth-order valence-corrected chi connectivity index (χ4v) is 2.59. The van der Waals surface area contributed by atoms with Crippen LogP contribution in [0.3, 0.4) is 0 Å². The molecule has 2 N–H and O–H groups in total. The number of Topliss-reactive ketones (excluding diaryl/α,β-unsaturated/α-hetero) is 1. The Morgan fingerprint density at radius 1 is 1.29 bits per heavy atom. The first-order valence-corrected chi connectivity index (χ1v) is 7.27. The molecule has 1 fully saturated rings. The molecule has 0 unspecified atom stereocenters. The number of carbonyl (C=O) groups is 1. The van der Waals surface area contributed by atoms with Crippen LogP contribution in [0.15, 0.2) is 24.3 Å². The summed E-state index contributed by atoms with van der Waals surface area (Å²) in [7, 11) is 1.62. The zero-order chi connectivity index (χ0) is 15.1. The number of hydrogen-bond donors (Lipinski definition) is 1. The van der Waals surface area contributed by atoms with Gasteiger partial charge in [-0.2, -0.15) is 0 Å². The lowest BCUT2D eigenvalue weighted by Crippen LogP contribution is -2.43. The molecule has 0 radical (unpaired) electrons. The van der Waals surface area contributed by atoms with Gasteiger partial charge in [0.1, 0.15) is 12.4 Å². The second-order valence-electron chi connectivity index (χ2n) is 5.26. The highest BCUT2D eigenvalue weighted by Crippen LogP contribution is 2.35. The van der Waals surface area contributed by atoms with E-state index in [2.05, 4.69) is 0 Å². The van der Waals surface area contributed by atoms with Gasteiger partial charge in [0.15, 0.2) is 5.78 Å². The molecule has 0 atom stereocenters. The first kappa shape index (κ1) is 15.9. The molecule has 0 spiro atoms. The predicted octanol–water partition coefficient (Wildman–Crippen LogP) is 1.65. The molecule has 0 saturated carbocycles. The first-order valence-electron chi connectivity index (χ1n) is 7.27. The smallest absolute Gasteiger partial charge is 0.174 e. The van der Waals surface area contributed by atoms with E-state index >= 15 is 0 Å². The molecule has 1 aliphatic heterocycles. The first-order chi connectivity index (χ1) is 10.2. The van der Waals surface area contributed by atoms with Crippen molar-refractivity contribution in [2.24, 2.45) is 11.1 Å². The molecule has 1 aliphatic rings. The standard InChI is InChI=1S/C16H23NO4/c1-19-10-11-21-14-5-3-2-4-13(14)15(18)16(12-17)6-8-20-9-7-16/h2-5H,6-12,17H2,1H3. The van der Waals surface area contributed by atoms with E-state index < -0.39 is 5.41 Å². The second-order valence-corrected chi connectivity index (χ2v) is 5.26. The molecule has 116 valence electrons. The highest BCUT2D eigenvalue weighted by atomic mass is 16.5. The van der Waals surface area contributed by atoms with Gasteiger partial charge in [0.25, 0.3) is 0 Å². The lowest BCUT2D eigenvalue weighted by Gasteiger charge is -2.34. The van der Waals surface area contributed by atoms with Crippen LogP contribution >= 0.6 is 0 Å². The number of nitrogens with two attached hydrogens (primary N) is 1. The molecule has 0 aromatic heterocycles. The SMILES string of the molecule is COCCOc1ccccc1C(=O)C1(CN)CCOCC1. The van der Waals surface area contributed by atoms with Gasteiger partial charge in [-0.15, -0.1) is 0 Å². The third kappa shape index (κ3) is 3.61. The molecule has 5 nitrogen and oxygen atoms in total. The summed E-state index contributed by atoms with van der Waals surface area (Å²) < 4.78 is 16.0. The normalized spacial score (nSPS) is 17.4. The molecule has 0 amide bonds. The largest absolute Gasteiger partial charge is 0.490 e. The Bertz CT molecular complexity index is 469. The van der Waals surface area contributed by atoms with Crippen LogP contribution in [-0.2, 0) is 9.47 Å². The van der Waals surface area contributed by atoms with Crippen LogP contribution in [0.25, 0.3) is 0 Å². The van der Waals surface area contributed by atoms with Crippen LogP contribution < -0.4 is 10.5 Å². The summed E-state index contributed by atoms with van der Waals surface area (Å²) in [6.45, 7) is 2.39. The Morgan fingerprint density at radius 3 is 2.67 bits per heavy atom. The highest BCUT2D eigenvalue weighted by molar-refractivity contribution is 6.03. The van der Waals surface area contributed by atoms with Crippen molar-refractivity contribution in [1.82, 2.24) is 0 Å². The minimum Gasteiger partial charge on any atom is -0.490 e. The third-order valence-corrected chi connectivity index (χ3v) is 4.00. The summed E-state index contributed by atoms with van der Waals surface area (Å²) in [4.78, 5) is 13.0. The van der Waals surface area contributed by atoms with E-state index in [0.29, 0.717) is 57.1 Å². The quantitative estimate of drug-likeness (QED) is 0.611. The number of benzene rings is 1. The number of rotatable bonds is 7. The molecule has 2 rings (SSSR count). The van der Waals surface area contributed by atoms with Crippen molar-refractivity contribution < 1.29 is 19.0 Å². The Hall–Kier alpha value is -1.43. The van der Waals surface area contributed by atoms with E-state index in [1.54, 1.807) is 13.2 Å². The fraction of sp³-hybridized carbons (Fsp3) is 0.562. The number of carbonyl (C=O) groups excluding carboxylic acids is 1. The monoisotopic (exact) mass is 293 g/mol. The predicted molar refractivity (Wildman–Crippen MR) is 79.7 cm³/mol. The van der Waals surface area contributed by atoms with E-state index in [1.807, 2.05) is 18.2 Å². The van der Waals surface area contributed by atoms with Crippen LogP contribution in [0.2, 0.25) is 0 Å². The summed E-state index contributed by atoms with van der Waals surface area (Å²) in [5.74, 6) is 0.653. The minimum atomic E-state index is -0.529. The van der Waals surface area contributed by atoms with Crippen molar-refractivity contribution in [1.29, 1.82) is 0 Å². The summed E-state index contributed by atoms with van der Waals surface area (Å²) >= 11 is 0. The van der Waals surface area contributed by atoms with Crippen LogP contribution in [0.1, 0.15) is 23.2 Å². The molecule has 1 aromatic carbocycles. The van der Waals surface area contributed by atoms with Gasteiger partial charge in [-0.3, -0.25) is 4.79 Å². The summed E-state index contributed by atoms with van der Waals surface area (Å²) in [5, 5.41) is 0. The maximum atomic E-state index is 13.0. The van der Waals surface area contributed by atoms with Gasteiger partial charge in [-0.1, -0.05) is 12.1 Å². The topological polar surface area (TPSA) is 70.8 Å². The summed E-state index contributed by atoms with van der Waals surface area (Å²) in [6, 6.07) is 7.32.